The van der Waals surface area contributed by atoms with Crippen LogP contribution in [0.3, 0.4) is 0 Å². The predicted octanol–water partition coefficient (Wildman–Crippen LogP) is -0.409. The first-order valence-electron chi connectivity index (χ1n) is 6.17. The van der Waals surface area contributed by atoms with E-state index in [0.29, 0.717) is 0 Å². The lowest BCUT2D eigenvalue weighted by Gasteiger charge is -2.44. The summed E-state index contributed by atoms with van der Waals surface area (Å²) in [5, 5.41) is 28.7. The van der Waals surface area contributed by atoms with Gasteiger partial charge in [-0.05, 0) is 18.2 Å². The first-order chi connectivity index (χ1) is 9.85. The monoisotopic (exact) mass is 296 g/mol. The van der Waals surface area contributed by atoms with Crippen LogP contribution >= 0.6 is 0 Å². The standard InChI is InChI=1S/C15H20O6/c1-4-11(19)7-15(12(20)5-2,13(21)6-3)14(8-16,9-17)10-18/h4-6,16-18H,1-3,7-10H2. The minimum absolute atomic E-state index is 0.653. The summed E-state index contributed by atoms with van der Waals surface area (Å²) in [6.45, 7) is 7.16. The van der Waals surface area contributed by atoms with Crippen molar-refractivity contribution < 1.29 is 29.7 Å². The summed E-state index contributed by atoms with van der Waals surface area (Å²) >= 11 is 0. The molecule has 0 aromatic rings. The van der Waals surface area contributed by atoms with Crippen molar-refractivity contribution in [2.75, 3.05) is 19.8 Å². The van der Waals surface area contributed by atoms with Gasteiger partial charge in [-0.3, -0.25) is 14.4 Å². The van der Waals surface area contributed by atoms with Crippen LogP contribution < -0.4 is 0 Å². The number of aliphatic hydroxyl groups excluding tert-OH is 3. The van der Waals surface area contributed by atoms with Crippen molar-refractivity contribution in [3.05, 3.63) is 38.0 Å². The van der Waals surface area contributed by atoms with E-state index in [0.717, 1.165) is 18.2 Å². The van der Waals surface area contributed by atoms with Crippen LogP contribution in [-0.4, -0.2) is 52.5 Å². The molecule has 0 saturated heterocycles. The molecule has 0 aliphatic carbocycles. The molecule has 0 amide bonds. The normalized spacial score (nSPS) is 11.6. The highest BCUT2D eigenvalue weighted by molar-refractivity contribution is 6.18. The third-order valence-corrected chi connectivity index (χ3v) is 3.69. The van der Waals surface area contributed by atoms with Gasteiger partial charge in [-0.15, -0.1) is 0 Å². The largest absolute Gasteiger partial charge is 0.396 e. The van der Waals surface area contributed by atoms with Gasteiger partial charge in [-0.2, -0.15) is 0 Å². The van der Waals surface area contributed by atoms with Gasteiger partial charge in [0.2, 0.25) is 0 Å². The Morgan fingerprint density at radius 1 is 0.810 bits per heavy atom. The zero-order valence-electron chi connectivity index (χ0n) is 11.7. The Morgan fingerprint density at radius 3 is 1.43 bits per heavy atom. The number of hydrogen-bond donors (Lipinski definition) is 3. The van der Waals surface area contributed by atoms with E-state index in [4.69, 9.17) is 0 Å². The zero-order chi connectivity index (χ0) is 16.7. The molecule has 0 spiro atoms. The van der Waals surface area contributed by atoms with Crippen molar-refractivity contribution in [3.63, 3.8) is 0 Å². The number of allylic oxidation sites excluding steroid dienone is 3. The fraction of sp³-hybridized carbons (Fsp3) is 0.400. The van der Waals surface area contributed by atoms with E-state index >= 15 is 0 Å². The van der Waals surface area contributed by atoms with E-state index in [2.05, 4.69) is 19.7 Å². The van der Waals surface area contributed by atoms with Gasteiger partial charge in [0.25, 0.3) is 0 Å². The molecule has 0 aliphatic heterocycles. The van der Waals surface area contributed by atoms with Gasteiger partial charge in [-0.25, -0.2) is 0 Å². The highest BCUT2D eigenvalue weighted by atomic mass is 16.3. The van der Waals surface area contributed by atoms with Gasteiger partial charge >= 0.3 is 0 Å². The Balaban J connectivity index is 6.50. The Hall–Kier alpha value is -1.89. The maximum Gasteiger partial charge on any atom is 0.170 e. The Bertz CT molecular complexity index is 431. The second-order valence-electron chi connectivity index (χ2n) is 4.64. The van der Waals surface area contributed by atoms with Crippen molar-refractivity contribution in [2.24, 2.45) is 10.8 Å². The van der Waals surface area contributed by atoms with Gasteiger partial charge in [0.1, 0.15) is 5.41 Å². The highest BCUT2D eigenvalue weighted by Crippen LogP contribution is 2.44. The number of rotatable bonds is 11. The van der Waals surface area contributed by atoms with Crippen molar-refractivity contribution >= 4 is 17.3 Å². The molecule has 0 unspecified atom stereocenters. The van der Waals surface area contributed by atoms with E-state index in [9.17, 15) is 29.7 Å². The molecule has 0 aromatic carbocycles. The van der Waals surface area contributed by atoms with Crippen LogP contribution in [0.2, 0.25) is 0 Å². The molecule has 0 saturated carbocycles. The van der Waals surface area contributed by atoms with E-state index in [-0.39, 0.29) is 0 Å². The molecule has 0 rings (SSSR count). The summed E-state index contributed by atoms with van der Waals surface area (Å²) in [5.74, 6) is -2.43. The van der Waals surface area contributed by atoms with Crippen molar-refractivity contribution in [3.8, 4) is 0 Å². The second-order valence-corrected chi connectivity index (χ2v) is 4.64. The van der Waals surface area contributed by atoms with Crippen molar-refractivity contribution in [2.45, 2.75) is 6.42 Å². The second kappa shape index (κ2) is 7.78. The molecule has 0 radical (unpaired) electrons. The lowest BCUT2D eigenvalue weighted by Crippen LogP contribution is -2.59. The quantitative estimate of drug-likeness (QED) is 0.353. The smallest absolute Gasteiger partial charge is 0.170 e. The molecule has 0 heterocycles. The number of carbonyl (C=O) groups is 3. The molecule has 6 nitrogen and oxygen atoms in total. The average molecular weight is 296 g/mol. The Labute approximate surface area is 123 Å². The fourth-order valence-corrected chi connectivity index (χ4v) is 2.24. The summed E-state index contributed by atoms with van der Waals surface area (Å²) in [5.41, 5.74) is -4.11. The first-order valence-corrected chi connectivity index (χ1v) is 6.17. The highest BCUT2D eigenvalue weighted by Gasteiger charge is 2.59. The summed E-state index contributed by atoms with van der Waals surface area (Å²) in [4.78, 5) is 36.3. The third-order valence-electron chi connectivity index (χ3n) is 3.69. The third kappa shape index (κ3) is 3.07. The molecular formula is C15H20O6. The molecule has 0 atom stereocenters. The Morgan fingerprint density at radius 2 is 1.19 bits per heavy atom. The average Bonchev–Trinajstić information content (AvgIpc) is 2.53. The number of ketones is 3. The van der Waals surface area contributed by atoms with Gasteiger partial charge in [0, 0.05) is 6.42 Å². The molecule has 3 N–H and O–H groups in total. The molecule has 0 aliphatic rings. The van der Waals surface area contributed by atoms with Gasteiger partial charge in [0.15, 0.2) is 17.3 Å². The Kier molecular flexibility index (Phi) is 7.08. The van der Waals surface area contributed by atoms with E-state index in [1.165, 1.54) is 0 Å². The zero-order valence-corrected chi connectivity index (χ0v) is 11.7. The molecule has 116 valence electrons. The van der Waals surface area contributed by atoms with E-state index in [1.807, 2.05) is 0 Å². The molecule has 0 aromatic heterocycles. The topological polar surface area (TPSA) is 112 Å². The molecule has 21 heavy (non-hydrogen) atoms. The summed E-state index contributed by atoms with van der Waals surface area (Å²) in [6.07, 6.45) is 1.88. The predicted molar refractivity (Wildman–Crippen MR) is 76.4 cm³/mol. The maximum atomic E-state index is 12.3. The fourth-order valence-electron chi connectivity index (χ4n) is 2.24. The van der Waals surface area contributed by atoms with Crippen molar-refractivity contribution in [1.29, 1.82) is 0 Å². The SMILES string of the molecule is C=CC(=O)CC(C(=O)C=C)(C(=O)C=C)C(CO)(CO)CO. The van der Waals surface area contributed by atoms with Gasteiger partial charge in [-0.1, -0.05) is 19.7 Å². The number of aliphatic hydroxyl groups is 3. The number of hydrogen-bond acceptors (Lipinski definition) is 6. The minimum atomic E-state index is -2.18. The number of carbonyl (C=O) groups excluding carboxylic acids is 3. The molecule has 6 heteroatoms. The minimum Gasteiger partial charge on any atom is -0.396 e. The summed E-state index contributed by atoms with van der Waals surface area (Å²) in [7, 11) is 0. The van der Waals surface area contributed by atoms with Crippen LogP contribution in [0.1, 0.15) is 6.42 Å². The van der Waals surface area contributed by atoms with Crippen molar-refractivity contribution in [1.82, 2.24) is 0 Å². The maximum absolute atomic E-state index is 12.3. The van der Waals surface area contributed by atoms with Crippen LogP contribution in [0, 0.1) is 10.8 Å². The summed E-state index contributed by atoms with van der Waals surface area (Å²) in [6, 6.07) is 0. The van der Waals surface area contributed by atoms with Crippen LogP contribution in [0.4, 0.5) is 0 Å². The van der Waals surface area contributed by atoms with E-state index in [1.54, 1.807) is 0 Å². The molecule has 0 bridgehead atoms. The molecular weight excluding hydrogens is 276 g/mol. The van der Waals surface area contributed by atoms with E-state index < -0.39 is 54.4 Å². The lowest BCUT2D eigenvalue weighted by atomic mass is 9.57. The lowest BCUT2D eigenvalue weighted by molar-refractivity contribution is -0.160. The molecule has 0 fully saturated rings. The van der Waals surface area contributed by atoms with Crippen LogP contribution in [0.5, 0.6) is 0 Å². The van der Waals surface area contributed by atoms with Crippen LogP contribution in [0.15, 0.2) is 38.0 Å². The van der Waals surface area contributed by atoms with Crippen LogP contribution in [0.25, 0.3) is 0 Å². The van der Waals surface area contributed by atoms with Gasteiger partial charge < -0.3 is 15.3 Å². The summed E-state index contributed by atoms with van der Waals surface area (Å²) < 4.78 is 0. The van der Waals surface area contributed by atoms with Crippen LogP contribution in [-0.2, 0) is 14.4 Å². The first kappa shape index (κ1) is 19.1. The van der Waals surface area contributed by atoms with Gasteiger partial charge in [0.05, 0.1) is 25.2 Å².